The van der Waals surface area contributed by atoms with Crippen molar-refractivity contribution in [2.75, 3.05) is 0 Å². The summed E-state index contributed by atoms with van der Waals surface area (Å²) < 4.78 is 12.9. The molecule has 13 heavy (non-hydrogen) atoms. The first-order valence-corrected chi connectivity index (χ1v) is 4.67. The van der Waals surface area contributed by atoms with E-state index in [1.165, 1.54) is 36.7 Å². The van der Waals surface area contributed by atoms with E-state index in [-0.39, 0.29) is 5.82 Å². The minimum atomic E-state index is -0.198. The molecule has 0 fully saturated rings. The highest BCUT2D eigenvalue weighted by Gasteiger charge is 2.07. The summed E-state index contributed by atoms with van der Waals surface area (Å²) in [7, 11) is 0. The topological polar surface area (TPSA) is 12.9 Å². The van der Waals surface area contributed by atoms with Gasteiger partial charge in [-0.05, 0) is 43.4 Å². The van der Waals surface area contributed by atoms with Crippen LogP contribution in [0.1, 0.15) is 31.4 Å². The first kappa shape index (κ1) is 8.42. The van der Waals surface area contributed by atoms with Crippen LogP contribution in [0, 0.1) is 5.82 Å². The maximum atomic E-state index is 12.9. The number of rotatable bonds is 1. The van der Waals surface area contributed by atoms with E-state index in [4.69, 9.17) is 0 Å². The smallest absolute Gasteiger partial charge is 0.126 e. The predicted molar refractivity (Wildman–Crippen MR) is 50.6 cm³/mol. The lowest BCUT2D eigenvalue weighted by Crippen LogP contribution is -1.94. The fourth-order valence-electron chi connectivity index (χ4n) is 1.65. The van der Waals surface area contributed by atoms with E-state index in [9.17, 15) is 4.39 Å². The molecule has 1 nitrogen and oxygen atoms in total. The molecule has 1 aliphatic carbocycles. The minimum Gasteiger partial charge on any atom is -0.256 e. The molecule has 1 aromatic heterocycles. The molecule has 68 valence electrons. The van der Waals surface area contributed by atoms with E-state index in [0.717, 1.165) is 18.5 Å². The van der Waals surface area contributed by atoms with Gasteiger partial charge in [-0.3, -0.25) is 4.98 Å². The molecule has 0 aliphatic heterocycles. The van der Waals surface area contributed by atoms with Crippen molar-refractivity contribution < 1.29 is 4.39 Å². The van der Waals surface area contributed by atoms with Crippen molar-refractivity contribution in [1.29, 1.82) is 0 Å². The third-order valence-electron chi connectivity index (χ3n) is 2.34. The van der Waals surface area contributed by atoms with Crippen molar-refractivity contribution in [2.45, 2.75) is 25.7 Å². The summed E-state index contributed by atoms with van der Waals surface area (Å²) in [6, 6.07) is 2.89. The van der Waals surface area contributed by atoms with Crippen LogP contribution in [0.4, 0.5) is 4.39 Å². The normalized spacial score (nSPS) is 16.8. The maximum absolute atomic E-state index is 12.9. The highest BCUT2D eigenvalue weighted by molar-refractivity contribution is 5.62. The highest BCUT2D eigenvalue weighted by atomic mass is 19.1. The number of hydrogen-bond acceptors (Lipinski definition) is 1. The first-order valence-electron chi connectivity index (χ1n) is 4.67. The van der Waals surface area contributed by atoms with Crippen molar-refractivity contribution >= 4 is 5.57 Å². The Labute approximate surface area is 77.3 Å². The molecule has 1 aliphatic rings. The summed E-state index contributed by atoms with van der Waals surface area (Å²) in [4.78, 5) is 4.15. The van der Waals surface area contributed by atoms with Gasteiger partial charge in [0.05, 0.1) is 5.69 Å². The zero-order valence-electron chi connectivity index (χ0n) is 7.46. The second-order valence-electron chi connectivity index (χ2n) is 3.33. The highest BCUT2D eigenvalue weighted by Crippen LogP contribution is 2.25. The molecule has 0 radical (unpaired) electrons. The molecule has 0 atom stereocenters. The lowest BCUT2D eigenvalue weighted by molar-refractivity contribution is 0.624. The van der Waals surface area contributed by atoms with Crippen LogP contribution >= 0.6 is 0 Å². The molecule has 0 saturated carbocycles. The largest absolute Gasteiger partial charge is 0.256 e. The summed E-state index contributed by atoms with van der Waals surface area (Å²) in [5.41, 5.74) is 2.01. The second kappa shape index (κ2) is 3.69. The van der Waals surface area contributed by atoms with Crippen LogP contribution in [0.5, 0.6) is 0 Å². The van der Waals surface area contributed by atoms with Crippen molar-refractivity contribution in [3.05, 3.63) is 35.9 Å². The molecule has 0 aromatic carbocycles. The molecule has 0 bridgehead atoms. The van der Waals surface area contributed by atoms with Crippen molar-refractivity contribution in [3.63, 3.8) is 0 Å². The quantitative estimate of drug-likeness (QED) is 0.642. The van der Waals surface area contributed by atoms with Gasteiger partial charge < -0.3 is 0 Å². The molecule has 2 rings (SSSR count). The van der Waals surface area contributed by atoms with E-state index in [1.54, 1.807) is 0 Å². The first-order chi connectivity index (χ1) is 6.36. The zero-order valence-corrected chi connectivity index (χ0v) is 7.46. The number of aromatic nitrogens is 1. The number of pyridine rings is 1. The fraction of sp³-hybridized carbons (Fsp3) is 0.364. The van der Waals surface area contributed by atoms with Gasteiger partial charge in [-0.1, -0.05) is 6.08 Å². The van der Waals surface area contributed by atoms with Gasteiger partial charge in [0.2, 0.25) is 0 Å². The van der Waals surface area contributed by atoms with Crippen molar-refractivity contribution in [2.24, 2.45) is 0 Å². The summed E-state index contributed by atoms with van der Waals surface area (Å²) in [6.07, 6.45) is 8.29. The Morgan fingerprint density at radius 2 is 2.23 bits per heavy atom. The Kier molecular flexibility index (Phi) is 2.39. The van der Waals surface area contributed by atoms with E-state index in [0.29, 0.717) is 0 Å². The maximum Gasteiger partial charge on any atom is 0.126 e. The van der Waals surface area contributed by atoms with Gasteiger partial charge >= 0.3 is 0 Å². The standard InChI is InChI=1S/C11H12FN/c12-10-6-7-13-11(8-10)9-4-2-1-3-5-9/h4,6-8H,1-3,5H2. The molecule has 1 heterocycles. The number of halogens is 1. The van der Waals surface area contributed by atoms with Gasteiger partial charge in [-0.25, -0.2) is 4.39 Å². The molecule has 0 spiro atoms. The molecule has 0 N–H and O–H groups in total. The van der Waals surface area contributed by atoms with E-state index in [1.807, 2.05) is 0 Å². The van der Waals surface area contributed by atoms with Crippen molar-refractivity contribution in [1.82, 2.24) is 4.98 Å². The van der Waals surface area contributed by atoms with Crippen LogP contribution in [0.25, 0.3) is 5.57 Å². The van der Waals surface area contributed by atoms with E-state index in [2.05, 4.69) is 11.1 Å². The number of nitrogens with zero attached hydrogens (tertiary/aromatic N) is 1. The average Bonchev–Trinajstić information content (AvgIpc) is 2.19. The average molecular weight is 177 g/mol. The molecule has 0 unspecified atom stereocenters. The molecular weight excluding hydrogens is 165 g/mol. The molecule has 2 heteroatoms. The second-order valence-corrected chi connectivity index (χ2v) is 3.33. The van der Waals surface area contributed by atoms with Gasteiger partial charge in [0.15, 0.2) is 0 Å². The lowest BCUT2D eigenvalue weighted by Gasteiger charge is -2.11. The van der Waals surface area contributed by atoms with Crippen LogP contribution in [0.15, 0.2) is 24.4 Å². The SMILES string of the molecule is Fc1ccnc(C2=CCCCC2)c1. The van der Waals surface area contributed by atoms with Crippen LogP contribution in [-0.2, 0) is 0 Å². The van der Waals surface area contributed by atoms with Gasteiger partial charge in [-0.15, -0.1) is 0 Å². The molecule has 0 amide bonds. The predicted octanol–water partition coefficient (Wildman–Crippen LogP) is 3.18. The molecule has 1 aromatic rings. The fourth-order valence-corrected chi connectivity index (χ4v) is 1.65. The summed E-state index contributed by atoms with van der Waals surface area (Å²) in [5.74, 6) is -0.198. The Bertz CT molecular complexity index is 331. The Morgan fingerprint density at radius 1 is 1.31 bits per heavy atom. The molecule has 0 saturated heterocycles. The summed E-state index contributed by atoms with van der Waals surface area (Å²) in [6.45, 7) is 0. The number of hydrogen-bond donors (Lipinski definition) is 0. The zero-order chi connectivity index (χ0) is 9.10. The van der Waals surface area contributed by atoms with Crippen LogP contribution in [0.2, 0.25) is 0 Å². The van der Waals surface area contributed by atoms with E-state index < -0.39 is 0 Å². The van der Waals surface area contributed by atoms with Gasteiger partial charge in [0.1, 0.15) is 5.82 Å². The minimum absolute atomic E-state index is 0.198. The number of allylic oxidation sites excluding steroid dienone is 2. The van der Waals surface area contributed by atoms with Gasteiger partial charge in [0, 0.05) is 6.20 Å². The third kappa shape index (κ3) is 1.94. The molecular formula is C11H12FN. The van der Waals surface area contributed by atoms with Gasteiger partial charge in [0.25, 0.3) is 0 Å². The van der Waals surface area contributed by atoms with Crippen molar-refractivity contribution in [3.8, 4) is 0 Å². The summed E-state index contributed by atoms with van der Waals surface area (Å²) >= 11 is 0. The Hall–Kier alpha value is -1.18. The van der Waals surface area contributed by atoms with Gasteiger partial charge in [-0.2, -0.15) is 0 Å². The van der Waals surface area contributed by atoms with Crippen LogP contribution < -0.4 is 0 Å². The Balaban J connectivity index is 2.29. The Morgan fingerprint density at radius 3 is 2.92 bits per heavy atom. The third-order valence-corrected chi connectivity index (χ3v) is 2.34. The van der Waals surface area contributed by atoms with Crippen LogP contribution in [-0.4, -0.2) is 4.98 Å². The summed E-state index contributed by atoms with van der Waals surface area (Å²) in [5, 5.41) is 0. The van der Waals surface area contributed by atoms with E-state index >= 15 is 0 Å². The van der Waals surface area contributed by atoms with Crippen LogP contribution in [0.3, 0.4) is 0 Å². The lowest BCUT2D eigenvalue weighted by atomic mass is 9.97. The monoisotopic (exact) mass is 177 g/mol.